The predicted molar refractivity (Wildman–Crippen MR) is 240 cm³/mol. The number of halogens is 3. The lowest BCUT2D eigenvalue weighted by Gasteiger charge is -2.35. The smallest absolute Gasteiger partial charge is 0.301 e. The van der Waals surface area contributed by atoms with Crippen LogP contribution in [0, 0.1) is 11.6 Å². The molecule has 1 unspecified atom stereocenters. The molecule has 4 atom stereocenters. The summed E-state index contributed by atoms with van der Waals surface area (Å²) in [6, 6.07) is 16.3. The van der Waals surface area contributed by atoms with Crippen LogP contribution in [0.4, 0.5) is 24.5 Å². The summed E-state index contributed by atoms with van der Waals surface area (Å²) in [6.07, 6.45) is 7.27. The van der Waals surface area contributed by atoms with Gasteiger partial charge in [0.2, 0.25) is 11.7 Å². The van der Waals surface area contributed by atoms with Crippen LogP contribution in [0.15, 0.2) is 85.3 Å². The number of amides is 2. The van der Waals surface area contributed by atoms with Gasteiger partial charge in [0.25, 0.3) is 5.91 Å². The molecule has 5 aliphatic rings. The summed E-state index contributed by atoms with van der Waals surface area (Å²) in [5.41, 5.74) is 3.42. The maximum Gasteiger partial charge on any atom is 0.301 e. The monoisotopic (exact) mass is 923 g/mol. The highest BCUT2D eigenvalue weighted by Crippen LogP contribution is 2.35. The highest BCUT2D eigenvalue weighted by atomic mass is 32.2. The number of ether oxygens (including phenoxy) is 2. The molecular weight excluding hydrogens is 876 g/mol. The number of benzene rings is 3. The van der Waals surface area contributed by atoms with Crippen molar-refractivity contribution in [2.45, 2.75) is 88.4 Å². The number of H-pyrrole nitrogens is 1. The third kappa shape index (κ3) is 8.52. The van der Waals surface area contributed by atoms with E-state index in [1.807, 2.05) is 41.1 Å². The summed E-state index contributed by atoms with van der Waals surface area (Å²) in [4.78, 5) is 50.9. The van der Waals surface area contributed by atoms with Gasteiger partial charge in [0, 0.05) is 85.0 Å². The zero-order valence-corrected chi connectivity index (χ0v) is 36.7. The SMILES string of the molecule is C=C1CCC(N2Cc3cc(N4CCC(O[C@H]5CC[C@@H](Oc6ccc(-c7cnc8[nH]cc(C(=O)c9c(F)ccc(NS(=O)(=O)N%10CC[C@@H](F)C%10)c9F)c8c7)cc6)C5)CC4)ccc3C2=O)C(=O)N1. The zero-order valence-electron chi connectivity index (χ0n) is 35.9. The molecule has 4 fully saturated rings. The third-order valence-corrected chi connectivity index (χ3v) is 14.9. The number of nitrogens with one attached hydrogen (secondary N) is 3. The number of pyridine rings is 1. The number of carbonyl (C=O) groups is 3. The average molecular weight is 924 g/mol. The highest BCUT2D eigenvalue weighted by Gasteiger charge is 2.39. The van der Waals surface area contributed by atoms with Gasteiger partial charge in [-0.2, -0.15) is 12.7 Å². The molecule has 2 amide bonds. The lowest BCUT2D eigenvalue weighted by Crippen LogP contribution is -2.49. The Morgan fingerprint density at radius 1 is 0.894 bits per heavy atom. The first-order chi connectivity index (χ1) is 31.8. The molecule has 5 aromatic rings. The Bertz CT molecular complexity index is 2870. The zero-order chi connectivity index (χ0) is 45.9. The van der Waals surface area contributed by atoms with Gasteiger partial charge in [-0.3, -0.25) is 19.1 Å². The Morgan fingerprint density at radius 2 is 1.68 bits per heavy atom. The molecule has 344 valence electrons. The van der Waals surface area contributed by atoms with Crippen molar-refractivity contribution < 1.29 is 45.4 Å². The standard InChI is InChI=1S/C48H48F3N7O7S/c1-27-2-13-42(47(60)54-27)58-25-30-20-32(5-10-37(30)48(58)61)56-17-15-34(16-18-56)65-36-9-8-35(22-36)64-33-6-3-28(4-7-33)29-21-38-39(24-53-46(38)52-23-29)45(59)43-40(50)11-12-41(44(43)51)55-66(62,63)57-19-14-31(49)26-57/h3-7,10-12,20-21,23-24,31,34-36,42,55H,1-2,8-9,13-19,22,25-26H2,(H,52,53)(H,54,60)/t31-,35-,36+,42?/m1/s1. The summed E-state index contributed by atoms with van der Waals surface area (Å²) in [7, 11) is -4.36. The van der Waals surface area contributed by atoms with Crippen molar-refractivity contribution in [1.29, 1.82) is 0 Å². The van der Waals surface area contributed by atoms with Crippen molar-refractivity contribution in [3.8, 4) is 16.9 Å². The molecule has 2 aromatic heterocycles. The summed E-state index contributed by atoms with van der Waals surface area (Å²) < 4.78 is 86.0. The van der Waals surface area contributed by atoms with Gasteiger partial charge in [0.15, 0.2) is 5.82 Å². The number of ketones is 1. The molecule has 0 spiro atoms. The molecule has 3 aromatic carbocycles. The van der Waals surface area contributed by atoms with Crippen LogP contribution < -0.4 is 19.7 Å². The first kappa shape index (κ1) is 43.6. The molecule has 0 bridgehead atoms. The van der Waals surface area contributed by atoms with Crippen LogP contribution in [0.5, 0.6) is 5.75 Å². The average Bonchev–Trinajstić information content (AvgIpc) is 4.12. The molecule has 14 nitrogen and oxygen atoms in total. The van der Waals surface area contributed by atoms with Gasteiger partial charge in [-0.1, -0.05) is 18.7 Å². The number of nitrogens with zero attached hydrogens (tertiary/aromatic N) is 4. The number of carbonyl (C=O) groups excluding carboxylic acids is 3. The van der Waals surface area contributed by atoms with Crippen LogP contribution in [0.1, 0.15) is 83.2 Å². The van der Waals surface area contributed by atoms with Crippen LogP contribution in [0.25, 0.3) is 22.2 Å². The Kier molecular flexibility index (Phi) is 11.6. The molecule has 18 heteroatoms. The Labute approximate surface area is 379 Å². The Hall–Kier alpha value is -6.24. The number of hydrogen-bond donors (Lipinski definition) is 3. The van der Waals surface area contributed by atoms with E-state index < -0.39 is 57.6 Å². The van der Waals surface area contributed by atoms with Gasteiger partial charge < -0.3 is 29.6 Å². The second-order valence-corrected chi connectivity index (χ2v) is 19.4. The number of aromatic amines is 1. The number of hydrogen-bond acceptors (Lipinski definition) is 9. The second kappa shape index (κ2) is 17.5. The van der Waals surface area contributed by atoms with E-state index in [0.29, 0.717) is 53.0 Å². The number of rotatable bonds is 12. The van der Waals surface area contributed by atoms with Crippen molar-refractivity contribution in [3.63, 3.8) is 0 Å². The van der Waals surface area contributed by atoms with E-state index in [-0.39, 0.29) is 48.7 Å². The second-order valence-electron chi connectivity index (χ2n) is 17.7. The molecular formula is C48H48F3N7O7S. The van der Waals surface area contributed by atoms with E-state index in [9.17, 15) is 27.2 Å². The Balaban J connectivity index is 0.727. The van der Waals surface area contributed by atoms with Crippen molar-refractivity contribution in [2.24, 2.45) is 0 Å². The van der Waals surface area contributed by atoms with Gasteiger partial charge in [0.1, 0.15) is 35.5 Å². The van der Waals surface area contributed by atoms with E-state index in [0.717, 1.165) is 78.4 Å². The van der Waals surface area contributed by atoms with Crippen LogP contribution in [0.2, 0.25) is 0 Å². The number of allylic oxidation sites excluding steroid dienone is 1. The maximum atomic E-state index is 15.7. The fourth-order valence-electron chi connectivity index (χ4n) is 9.84. The van der Waals surface area contributed by atoms with E-state index in [4.69, 9.17) is 9.47 Å². The van der Waals surface area contributed by atoms with Gasteiger partial charge in [0.05, 0.1) is 23.5 Å². The molecule has 1 saturated carbocycles. The highest BCUT2D eigenvalue weighted by molar-refractivity contribution is 7.90. The molecule has 6 heterocycles. The van der Waals surface area contributed by atoms with Gasteiger partial charge in [-0.25, -0.2) is 18.2 Å². The summed E-state index contributed by atoms with van der Waals surface area (Å²) in [5.74, 6) is -3.17. The van der Waals surface area contributed by atoms with Gasteiger partial charge >= 0.3 is 10.2 Å². The molecule has 1 aliphatic carbocycles. The van der Waals surface area contributed by atoms with Crippen molar-refractivity contribution in [2.75, 3.05) is 35.8 Å². The van der Waals surface area contributed by atoms with Crippen LogP contribution in [0.3, 0.4) is 0 Å². The van der Waals surface area contributed by atoms with Gasteiger partial charge in [-0.05, 0) is 105 Å². The third-order valence-electron chi connectivity index (χ3n) is 13.4. The van der Waals surface area contributed by atoms with E-state index >= 15 is 8.78 Å². The van der Waals surface area contributed by atoms with Crippen molar-refractivity contribution in [3.05, 3.63) is 119 Å². The molecule has 3 N–H and O–H groups in total. The van der Waals surface area contributed by atoms with Crippen molar-refractivity contribution >= 4 is 50.2 Å². The minimum absolute atomic E-state index is 0.000267. The van der Waals surface area contributed by atoms with E-state index in [1.165, 1.54) is 6.20 Å². The molecule has 4 aliphatic heterocycles. The molecule has 3 saturated heterocycles. The normalized spacial score (nSPS) is 22.9. The lowest BCUT2D eigenvalue weighted by molar-refractivity contribution is -0.126. The quantitative estimate of drug-likeness (QED) is 0.110. The predicted octanol–water partition coefficient (Wildman–Crippen LogP) is 7.17. The molecule has 0 radical (unpaired) electrons. The lowest BCUT2D eigenvalue weighted by atomic mass is 10.00. The minimum atomic E-state index is -4.36. The maximum absolute atomic E-state index is 15.7. The largest absolute Gasteiger partial charge is 0.490 e. The molecule has 10 rings (SSSR count). The fraction of sp³-hybridized carbons (Fsp3) is 0.375. The minimum Gasteiger partial charge on any atom is -0.490 e. The van der Waals surface area contributed by atoms with Gasteiger partial charge in [-0.15, -0.1) is 0 Å². The number of fused-ring (bicyclic) bond motifs is 2. The first-order valence-corrected chi connectivity index (χ1v) is 23.7. The Morgan fingerprint density at radius 3 is 2.44 bits per heavy atom. The van der Waals surface area contributed by atoms with E-state index in [1.54, 1.807) is 17.2 Å². The number of anilines is 2. The topological polar surface area (TPSA) is 166 Å². The summed E-state index contributed by atoms with van der Waals surface area (Å²) >= 11 is 0. The summed E-state index contributed by atoms with van der Waals surface area (Å²) in [5, 5.41) is 3.10. The summed E-state index contributed by atoms with van der Waals surface area (Å²) in [6.45, 7) is 5.44. The van der Waals surface area contributed by atoms with Crippen LogP contribution in [-0.2, 0) is 26.3 Å². The first-order valence-electron chi connectivity index (χ1n) is 22.3. The number of piperidine rings is 2. The molecule has 66 heavy (non-hydrogen) atoms. The van der Waals surface area contributed by atoms with E-state index in [2.05, 4.69) is 32.8 Å². The number of aromatic nitrogens is 2. The fourth-order valence-corrected chi connectivity index (χ4v) is 11.1. The van der Waals surface area contributed by atoms with Crippen LogP contribution in [-0.4, -0.2) is 102 Å². The van der Waals surface area contributed by atoms with Crippen LogP contribution >= 0.6 is 0 Å². The number of alkyl halides is 1. The van der Waals surface area contributed by atoms with Crippen molar-refractivity contribution in [1.82, 2.24) is 24.5 Å².